The number of nitrogens with two attached hydrogens (primary N) is 1. The normalized spacial score (nSPS) is 19.9. The molecule has 94 valence electrons. The van der Waals surface area contributed by atoms with Crippen molar-refractivity contribution in [3.8, 4) is 0 Å². The Morgan fingerprint density at radius 2 is 2.35 bits per heavy atom. The fourth-order valence-electron chi connectivity index (χ4n) is 2.49. The number of rotatable bonds is 4. The summed E-state index contributed by atoms with van der Waals surface area (Å²) in [5, 5.41) is 8.92. The van der Waals surface area contributed by atoms with E-state index in [2.05, 4.69) is 14.9 Å². The van der Waals surface area contributed by atoms with Gasteiger partial charge in [0.15, 0.2) is 0 Å². The molecule has 2 rings (SSSR count). The molecule has 0 bridgehead atoms. The fraction of sp³-hybridized carbons (Fsp3) is 0.667. The van der Waals surface area contributed by atoms with E-state index in [0.717, 1.165) is 30.8 Å². The number of hydrogen-bond donors (Lipinski definition) is 2. The molecule has 1 fully saturated rings. The monoisotopic (exact) mass is 236 g/mol. The van der Waals surface area contributed by atoms with E-state index in [9.17, 15) is 0 Å². The van der Waals surface area contributed by atoms with Gasteiger partial charge in [0, 0.05) is 24.8 Å². The Hall–Kier alpha value is -1.36. The van der Waals surface area contributed by atoms with Crippen LogP contribution in [0.2, 0.25) is 0 Å². The van der Waals surface area contributed by atoms with Gasteiger partial charge in [-0.3, -0.25) is 0 Å². The summed E-state index contributed by atoms with van der Waals surface area (Å²) in [6, 6.07) is 0.482. The minimum Gasteiger partial charge on any atom is -0.396 e. The summed E-state index contributed by atoms with van der Waals surface area (Å²) in [5.74, 6) is 1.51. The van der Waals surface area contributed by atoms with Crippen molar-refractivity contribution in [1.82, 2.24) is 9.97 Å². The van der Waals surface area contributed by atoms with Crippen molar-refractivity contribution in [2.75, 3.05) is 23.8 Å². The number of aliphatic hydroxyl groups is 1. The Morgan fingerprint density at radius 1 is 1.53 bits per heavy atom. The first-order valence-corrected chi connectivity index (χ1v) is 6.18. The number of aliphatic hydroxyl groups excluding tert-OH is 1. The number of nitrogen functional groups attached to an aromatic ring is 1. The molecular weight excluding hydrogens is 216 g/mol. The van der Waals surface area contributed by atoms with Gasteiger partial charge in [-0.15, -0.1) is 0 Å². The van der Waals surface area contributed by atoms with Gasteiger partial charge in [0.25, 0.3) is 0 Å². The summed E-state index contributed by atoms with van der Waals surface area (Å²) in [7, 11) is 0. The van der Waals surface area contributed by atoms with E-state index in [1.165, 1.54) is 19.2 Å². The Labute approximate surface area is 102 Å². The summed E-state index contributed by atoms with van der Waals surface area (Å²) in [4.78, 5) is 10.7. The van der Waals surface area contributed by atoms with Crippen LogP contribution < -0.4 is 10.6 Å². The van der Waals surface area contributed by atoms with E-state index in [-0.39, 0.29) is 6.61 Å². The van der Waals surface area contributed by atoms with Gasteiger partial charge in [-0.2, -0.15) is 0 Å². The molecule has 1 aromatic rings. The predicted octanol–water partition coefficient (Wildman–Crippen LogP) is 1.11. The van der Waals surface area contributed by atoms with Crippen molar-refractivity contribution in [3.63, 3.8) is 0 Å². The Morgan fingerprint density at radius 3 is 3.12 bits per heavy atom. The van der Waals surface area contributed by atoms with Crippen molar-refractivity contribution >= 4 is 11.6 Å². The molecule has 3 N–H and O–H groups in total. The molecule has 1 aliphatic rings. The van der Waals surface area contributed by atoms with Crippen molar-refractivity contribution in [1.29, 1.82) is 0 Å². The van der Waals surface area contributed by atoms with Crippen LogP contribution in [0.25, 0.3) is 0 Å². The summed E-state index contributed by atoms with van der Waals surface area (Å²) in [6.45, 7) is 3.24. The minimum atomic E-state index is 0.259. The smallest absolute Gasteiger partial charge is 0.137 e. The zero-order chi connectivity index (χ0) is 12.3. The molecule has 5 nitrogen and oxygen atoms in total. The second-order valence-electron chi connectivity index (χ2n) is 4.56. The average molecular weight is 236 g/mol. The number of aromatic nitrogens is 2. The van der Waals surface area contributed by atoms with Crippen molar-refractivity contribution in [3.05, 3.63) is 11.9 Å². The molecule has 2 heterocycles. The summed E-state index contributed by atoms with van der Waals surface area (Å²) >= 11 is 0. The molecule has 0 saturated carbocycles. The summed E-state index contributed by atoms with van der Waals surface area (Å²) in [6.07, 6.45) is 5.74. The molecule has 0 aliphatic carbocycles. The highest BCUT2D eigenvalue weighted by atomic mass is 16.2. The van der Waals surface area contributed by atoms with Gasteiger partial charge >= 0.3 is 0 Å². The first-order chi connectivity index (χ1) is 8.24. The molecule has 1 aromatic heterocycles. The Balaban J connectivity index is 2.17. The lowest BCUT2D eigenvalue weighted by Gasteiger charge is -2.27. The Kier molecular flexibility index (Phi) is 3.78. The maximum absolute atomic E-state index is 8.92. The second kappa shape index (κ2) is 5.31. The molecule has 0 aromatic carbocycles. The predicted molar refractivity (Wildman–Crippen MR) is 67.9 cm³/mol. The lowest BCUT2D eigenvalue weighted by molar-refractivity contribution is 0.279. The van der Waals surface area contributed by atoms with Gasteiger partial charge in [-0.1, -0.05) is 0 Å². The highest BCUT2D eigenvalue weighted by Crippen LogP contribution is 2.29. The van der Waals surface area contributed by atoms with E-state index >= 15 is 0 Å². The summed E-state index contributed by atoms with van der Waals surface area (Å²) < 4.78 is 0. The van der Waals surface area contributed by atoms with Crippen LogP contribution in [0.15, 0.2) is 6.33 Å². The van der Waals surface area contributed by atoms with Crippen molar-refractivity contribution < 1.29 is 5.11 Å². The van der Waals surface area contributed by atoms with Crippen LogP contribution in [0, 0.1) is 6.92 Å². The highest BCUT2D eigenvalue weighted by Gasteiger charge is 2.26. The van der Waals surface area contributed by atoms with Gasteiger partial charge < -0.3 is 15.7 Å². The Bertz CT molecular complexity index is 383. The van der Waals surface area contributed by atoms with Gasteiger partial charge in [0.1, 0.15) is 18.0 Å². The van der Waals surface area contributed by atoms with Crippen LogP contribution in [0.1, 0.15) is 31.2 Å². The quantitative estimate of drug-likeness (QED) is 0.819. The number of anilines is 2. The molecule has 0 amide bonds. The third kappa shape index (κ3) is 2.49. The molecule has 0 radical (unpaired) electrons. The van der Waals surface area contributed by atoms with Crippen LogP contribution in [0.4, 0.5) is 11.6 Å². The third-order valence-corrected chi connectivity index (χ3v) is 3.44. The maximum Gasteiger partial charge on any atom is 0.137 e. The van der Waals surface area contributed by atoms with Crippen LogP contribution >= 0.6 is 0 Å². The van der Waals surface area contributed by atoms with Gasteiger partial charge in [0.05, 0.1) is 0 Å². The molecule has 1 atom stereocenters. The first-order valence-electron chi connectivity index (χ1n) is 6.18. The number of nitrogens with zero attached hydrogens (tertiary/aromatic N) is 3. The molecule has 1 unspecified atom stereocenters. The van der Waals surface area contributed by atoms with Gasteiger partial charge in [0.2, 0.25) is 0 Å². The minimum absolute atomic E-state index is 0.259. The van der Waals surface area contributed by atoms with Crippen molar-refractivity contribution in [2.24, 2.45) is 0 Å². The molecular formula is C12H20N4O. The second-order valence-corrected chi connectivity index (χ2v) is 4.56. The van der Waals surface area contributed by atoms with Crippen LogP contribution in [-0.2, 0) is 0 Å². The van der Waals surface area contributed by atoms with Crippen LogP contribution in [0.5, 0.6) is 0 Å². The largest absolute Gasteiger partial charge is 0.396 e. The third-order valence-electron chi connectivity index (χ3n) is 3.44. The van der Waals surface area contributed by atoms with Gasteiger partial charge in [-0.05, 0) is 32.6 Å². The lowest BCUT2D eigenvalue weighted by atomic mass is 10.1. The van der Waals surface area contributed by atoms with Crippen molar-refractivity contribution in [2.45, 2.75) is 38.6 Å². The fourth-order valence-corrected chi connectivity index (χ4v) is 2.49. The van der Waals surface area contributed by atoms with E-state index in [1.54, 1.807) is 0 Å². The topological polar surface area (TPSA) is 75.3 Å². The molecule has 1 aliphatic heterocycles. The zero-order valence-corrected chi connectivity index (χ0v) is 10.3. The molecule has 5 heteroatoms. The average Bonchev–Trinajstić information content (AvgIpc) is 2.78. The van der Waals surface area contributed by atoms with E-state index in [1.807, 2.05) is 6.92 Å². The number of hydrogen-bond acceptors (Lipinski definition) is 5. The maximum atomic E-state index is 8.92. The summed E-state index contributed by atoms with van der Waals surface area (Å²) in [5.41, 5.74) is 6.78. The van der Waals surface area contributed by atoms with E-state index in [0.29, 0.717) is 11.9 Å². The molecule has 0 spiro atoms. The first kappa shape index (κ1) is 12.1. The zero-order valence-electron chi connectivity index (χ0n) is 10.3. The van der Waals surface area contributed by atoms with Crippen LogP contribution in [0.3, 0.4) is 0 Å². The lowest BCUT2D eigenvalue weighted by Crippen LogP contribution is -2.31. The van der Waals surface area contributed by atoms with E-state index < -0.39 is 0 Å². The van der Waals surface area contributed by atoms with Gasteiger partial charge in [-0.25, -0.2) is 9.97 Å². The highest BCUT2D eigenvalue weighted by molar-refractivity contribution is 5.56. The SMILES string of the molecule is Cc1c(N)ncnc1N1CCCC1CCCO. The van der Waals surface area contributed by atoms with E-state index in [4.69, 9.17) is 10.8 Å². The molecule has 17 heavy (non-hydrogen) atoms. The standard InChI is InChI=1S/C12H20N4O/c1-9-11(13)14-8-15-12(9)16-6-2-4-10(16)5-3-7-17/h8,10,17H,2-7H2,1H3,(H2,13,14,15). The molecule has 1 saturated heterocycles. The van der Waals surface area contributed by atoms with Crippen LogP contribution in [-0.4, -0.2) is 34.3 Å².